The number of aliphatic carboxylic acids is 1. The van der Waals surface area contributed by atoms with E-state index in [0.29, 0.717) is 0 Å². The van der Waals surface area contributed by atoms with Crippen molar-refractivity contribution in [3.8, 4) is 0 Å². The predicted octanol–water partition coefficient (Wildman–Crippen LogP) is 1.65. The molecule has 1 aliphatic carbocycles. The molecule has 0 aromatic rings. The topological polar surface area (TPSA) is 63.3 Å². The molecule has 0 amide bonds. The summed E-state index contributed by atoms with van der Waals surface area (Å²) in [6, 6.07) is -0.990. The Morgan fingerprint density at radius 2 is 1.86 bits per heavy atom. The number of hydrogen-bond donors (Lipinski definition) is 2. The average Bonchev–Trinajstić information content (AvgIpc) is 2.03. The Labute approximate surface area is 87.1 Å². The maximum atomic E-state index is 12.7. The number of alkyl halides is 2. The number of halogens is 3. The van der Waals surface area contributed by atoms with Gasteiger partial charge in [-0.2, -0.15) is 0 Å². The second kappa shape index (κ2) is 4.89. The molecule has 84 valence electrons. The van der Waals surface area contributed by atoms with Gasteiger partial charge in [-0.1, -0.05) is 0 Å². The molecule has 1 aliphatic rings. The van der Waals surface area contributed by atoms with E-state index in [0.717, 1.165) is 0 Å². The van der Waals surface area contributed by atoms with Gasteiger partial charge in [-0.15, -0.1) is 12.4 Å². The van der Waals surface area contributed by atoms with E-state index in [1.165, 1.54) is 0 Å². The second-order valence-electron chi connectivity index (χ2n) is 3.56. The highest BCUT2D eigenvalue weighted by atomic mass is 35.5. The molecule has 0 bridgehead atoms. The summed E-state index contributed by atoms with van der Waals surface area (Å²) in [5.74, 6) is -4.01. The molecule has 0 radical (unpaired) electrons. The summed E-state index contributed by atoms with van der Waals surface area (Å²) in [6.45, 7) is 0. The van der Waals surface area contributed by atoms with Crippen molar-refractivity contribution in [1.29, 1.82) is 0 Å². The normalized spacial score (nSPS) is 23.6. The van der Waals surface area contributed by atoms with Crippen LogP contribution in [0.4, 0.5) is 8.78 Å². The van der Waals surface area contributed by atoms with E-state index in [-0.39, 0.29) is 44.0 Å². The van der Waals surface area contributed by atoms with Crippen molar-refractivity contribution in [2.45, 2.75) is 37.6 Å². The number of hydrogen-bond acceptors (Lipinski definition) is 2. The number of carboxylic acid groups (broad SMARTS) is 1. The Morgan fingerprint density at radius 1 is 1.43 bits per heavy atom. The van der Waals surface area contributed by atoms with E-state index in [4.69, 9.17) is 10.8 Å². The zero-order valence-electron chi connectivity index (χ0n) is 7.58. The van der Waals surface area contributed by atoms with Crippen LogP contribution >= 0.6 is 12.4 Å². The Bertz CT molecular complexity index is 204. The molecule has 14 heavy (non-hydrogen) atoms. The summed E-state index contributed by atoms with van der Waals surface area (Å²) < 4.78 is 25.3. The van der Waals surface area contributed by atoms with Gasteiger partial charge in [0.1, 0.15) is 6.04 Å². The zero-order chi connectivity index (χ0) is 10.1. The fraction of sp³-hybridized carbons (Fsp3) is 0.875. The SMILES string of the molecule is Cl.N[C@@H](C(=O)O)C1CCC(F)(F)CC1. The average molecular weight is 230 g/mol. The molecule has 6 heteroatoms. The molecular formula is C8H14ClF2NO2. The molecule has 0 aliphatic heterocycles. The minimum atomic E-state index is -2.62. The van der Waals surface area contributed by atoms with E-state index >= 15 is 0 Å². The first-order chi connectivity index (χ1) is 5.92. The fourth-order valence-corrected chi connectivity index (χ4v) is 1.62. The van der Waals surface area contributed by atoms with Gasteiger partial charge in [-0.3, -0.25) is 4.79 Å². The van der Waals surface area contributed by atoms with E-state index in [1.54, 1.807) is 0 Å². The summed E-state index contributed by atoms with van der Waals surface area (Å²) in [5.41, 5.74) is 5.34. The summed E-state index contributed by atoms with van der Waals surface area (Å²) >= 11 is 0. The molecule has 0 unspecified atom stereocenters. The van der Waals surface area contributed by atoms with Crippen molar-refractivity contribution >= 4 is 18.4 Å². The molecule has 0 heterocycles. The van der Waals surface area contributed by atoms with Crippen molar-refractivity contribution in [2.75, 3.05) is 0 Å². The molecule has 1 saturated carbocycles. The van der Waals surface area contributed by atoms with Crippen LogP contribution in [-0.4, -0.2) is 23.0 Å². The third kappa shape index (κ3) is 3.38. The van der Waals surface area contributed by atoms with Gasteiger partial charge in [0.2, 0.25) is 5.92 Å². The largest absolute Gasteiger partial charge is 0.480 e. The highest BCUT2D eigenvalue weighted by molar-refractivity contribution is 5.85. The standard InChI is InChI=1S/C8H13F2NO2.ClH/c9-8(10)3-1-5(2-4-8)6(11)7(12)13;/h5-6H,1-4,11H2,(H,12,13);1H/t6-;/m1./s1. The van der Waals surface area contributed by atoms with Crippen molar-refractivity contribution in [2.24, 2.45) is 11.7 Å². The molecule has 1 rings (SSSR count). The van der Waals surface area contributed by atoms with Crippen molar-refractivity contribution < 1.29 is 18.7 Å². The number of nitrogens with two attached hydrogens (primary N) is 1. The lowest BCUT2D eigenvalue weighted by molar-refractivity contribution is -0.141. The Hall–Kier alpha value is -0.420. The van der Waals surface area contributed by atoms with Crippen molar-refractivity contribution in [1.82, 2.24) is 0 Å². The third-order valence-electron chi connectivity index (χ3n) is 2.55. The van der Waals surface area contributed by atoms with Crippen LogP contribution in [0.5, 0.6) is 0 Å². The minimum absolute atomic E-state index is 0. The molecule has 3 N–H and O–H groups in total. The predicted molar refractivity (Wildman–Crippen MR) is 49.8 cm³/mol. The van der Waals surface area contributed by atoms with Crippen LogP contribution in [0.1, 0.15) is 25.7 Å². The van der Waals surface area contributed by atoms with E-state index in [1.807, 2.05) is 0 Å². The molecule has 3 nitrogen and oxygen atoms in total. The first-order valence-electron chi connectivity index (χ1n) is 4.28. The van der Waals surface area contributed by atoms with Crippen molar-refractivity contribution in [3.05, 3.63) is 0 Å². The molecule has 0 aromatic carbocycles. The fourth-order valence-electron chi connectivity index (χ4n) is 1.62. The van der Waals surface area contributed by atoms with Crippen LogP contribution in [0.25, 0.3) is 0 Å². The van der Waals surface area contributed by atoms with Gasteiger partial charge in [-0.05, 0) is 18.8 Å². The quantitative estimate of drug-likeness (QED) is 0.757. The number of carbonyl (C=O) groups is 1. The van der Waals surface area contributed by atoms with Gasteiger partial charge in [0, 0.05) is 12.8 Å². The van der Waals surface area contributed by atoms with Crippen LogP contribution in [0, 0.1) is 5.92 Å². The molecule has 0 spiro atoms. The minimum Gasteiger partial charge on any atom is -0.480 e. The molecular weight excluding hydrogens is 216 g/mol. The molecule has 1 fully saturated rings. The molecule has 0 saturated heterocycles. The summed E-state index contributed by atoms with van der Waals surface area (Å²) in [7, 11) is 0. The highest BCUT2D eigenvalue weighted by Gasteiger charge is 2.38. The molecule has 1 atom stereocenters. The number of carboxylic acids is 1. The van der Waals surface area contributed by atoms with E-state index in [2.05, 4.69) is 0 Å². The maximum Gasteiger partial charge on any atom is 0.320 e. The van der Waals surface area contributed by atoms with Crippen LogP contribution in [0.15, 0.2) is 0 Å². The lowest BCUT2D eigenvalue weighted by Crippen LogP contribution is -2.41. The summed E-state index contributed by atoms with van der Waals surface area (Å²) in [6.07, 6.45) is -0.0573. The highest BCUT2D eigenvalue weighted by Crippen LogP contribution is 2.36. The summed E-state index contributed by atoms with van der Waals surface area (Å²) in [4.78, 5) is 10.4. The van der Waals surface area contributed by atoms with E-state index in [9.17, 15) is 13.6 Å². The Morgan fingerprint density at radius 3 is 2.21 bits per heavy atom. The molecule has 0 aromatic heterocycles. The zero-order valence-corrected chi connectivity index (χ0v) is 8.40. The van der Waals surface area contributed by atoms with Gasteiger partial charge >= 0.3 is 5.97 Å². The van der Waals surface area contributed by atoms with Crippen LogP contribution in [0.2, 0.25) is 0 Å². The Kier molecular flexibility index (Phi) is 4.74. The van der Waals surface area contributed by atoms with Gasteiger partial charge in [0.25, 0.3) is 0 Å². The van der Waals surface area contributed by atoms with Crippen LogP contribution in [-0.2, 0) is 4.79 Å². The maximum absolute atomic E-state index is 12.7. The summed E-state index contributed by atoms with van der Waals surface area (Å²) in [5, 5.41) is 8.55. The van der Waals surface area contributed by atoms with Crippen LogP contribution < -0.4 is 5.73 Å². The van der Waals surface area contributed by atoms with E-state index < -0.39 is 17.9 Å². The smallest absolute Gasteiger partial charge is 0.320 e. The Balaban J connectivity index is 0.00000169. The van der Waals surface area contributed by atoms with Crippen LogP contribution in [0.3, 0.4) is 0 Å². The second-order valence-corrected chi connectivity index (χ2v) is 3.56. The lowest BCUT2D eigenvalue weighted by Gasteiger charge is -2.30. The first kappa shape index (κ1) is 13.6. The monoisotopic (exact) mass is 229 g/mol. The van der Waals surface area contributed by atoms with Gasteiger partial charge in [0.05, 0.1) is 0 Å². The van der Waals surface area contributed by atoms with Gasteiger partial charge in [-0.25, -0.2) is 8.78 Å². The van der Waals surface area contributed by atoms with Gasteiger partial charge < -0.3 is 10.8 Å². The first-order valence-corrected chi connectivity index (χ1v) is 4.28. The lowest BCUT2D eigenvalue weighted by atomic mass is 9.82. The third-order valence-corrected chi connectivity index (χ3v) is 2.55. The van der Waals surface area contributed by atoms with Gasteiger partial charge in [0.15, 0.2) is 0 Å². The number of rotatable bonds is 2. The van der Waals surface area contributed by atoms with Crippen molar-refractivity contribution in [3.63, 3.8) is 0 Å².